The summed E-state index contributed by atoms with van der Waals surface area (Å²) < 4.78 is 0. The molecule has 4 N–H and O–H groups in total. The minimum absolute atomic E-state index is 0.291. The number of benzene rings is 1. The molecule has 7 heteroatoms. The molecule has 110 valence electrons. The van der Waals surface area contributed by atoms with Gasteiger partial charge in [-0.05, 0) is 31.2 Å². The highest BCUT2D eigenvalue weighted by atomic mass is 16.4. The van der Waals surface area contributed by atoms with Crippen LogP contribution in [0.1, 0.15) is 17.3 Å². The summed E-state index contributed by atoms with van der Waals surface area (Å²) in [7, 11) is 0. The molecule has 1 aromatic carbocycles. The van der Waals surface area contributed by atoms with Crippen LogP contribution in [-0.2, 0) is 4.79 Å². The maximum atomic E-state index is 11.6. The average Bonchev–Trinajstić information content (AvgIpc) is 2.45. The van der Waals surface area contributed by atoms with Crippen LogP contribution in [-0.4, -0.2) is 35.6 Å². The molecule has 1 rings (SSSR count). The van der Waals surface area contributed by atoms with Crippen LogP contribution in [0.5, 0.6) is 0 Å². The van der Waals surface area contributed by atoms with Gasteiger partial charge in [-0.15, -0.1) is 6.42 Å². The number of hydrogen-bond acceptors (Lipinski definition) is 3. The zero-order valence-corrected chi connectivity index (χ0v) is 11.3. The van der Waals surface area contributed by atoms with Crippen molar-refractivity contribution in [3.05, 3.63) is 29.8 Å². The SMILES string of the molecule is C#CC(C)NC(=O)Nc1ccc(C(=O)NCC(=O)O)cc1. The fourth-order valence-electron chi connectivity index (χ4n) is 1.37. The first-order chi connectivity index (χ1) is 9.92. The summed E-state index contributed by atoms with van der Waals surface area (Å²) in [4.78, 5) is 33.4. The van der Waals surface area contributed by atoms with Crippen LogP contribution >= 0.6 is 0 Å². The molecule has 0 fully saturated rings. The first-order valence-corrected chi connectivity index (χ1v) is 6.06. The molecule has 1 unspecified atom stereocenters. The van der Waals surface area contributed by atoms with E-state index in [1.165, 1.54) is 24.3 Å². The lowest BCUT2D eigenvalue weighted by Crippen LogP contribution is -2.35. The third kappa shape index (κ3) is 5.65. The van der Waals surface area contributed by atoms with Crippen molar-refractivity contribution in [2.75, 3.05) is 11.9 Å². The first kappa shape index (κ1) is 16.0. The van der Waals surface area contributed by atoms with E-state index in [4.69, 9.17) is 11.5 Å². The van der Waals surface area contributed by atoms with Crippen LogP contribution < -0.4 is 16.0 Å². The molecule has 21 heavy (non-hydrogen) atoms. The summed E-state index contributed by atoms with van der Waals surface area (Å²) in [6, 6.07) is 5.13. The van der Waals surface area contributed by atoms with Crippen molar-refractivity contribution >= 4 is 23.6 Å². The van der Waals surface area contributed by atoms with Gasteiger partial charge >= 0.3 is 12.0 Å². The number of carboxylic acids is 1. The van der Waals surface area contributed by atoms with E-state index in [-0.39, 0.29) is 0 Å². The van der Waals surface area contributed by atoms with E-state index in [0.29, 0.717) is 11.3 Å². The number of anilines is 1. The number of carbonyl (C=O) groups excluding carboxylic acids is 2. The fraction of sp³-hybridized carbons (Fsp3) is 0.214. The van der Waals surface area contributed by atoms with Crippen molar-refractivity contribution < 1.29 is 19.5 Å². The van der Waals surface area contributed by atoms with Gasteiger partial charge in [0.1, 0.15) is 6.54 Å². The third-order valence-electron chi connectivity index (χ3n) is 2.40. The highest BCUT2D eigenvalue weighted by Crippen LogP contribution is 2.09. The predicted octanol–water partition coefficient (Wildman–Crippen LogP) is 0.644. The highest BCUT2D eigenvalue weighted by Gasteiger charge is 2.08. The van der Waals surface area contributed by atoms with Gasteiger partial charge in [-0.1, -0.05) is 5.92 Å². The number of urea groups is 1. The van der Waals surface area contributed by atoms with Crippen LogP contribution in [0.3, 0.4) is 0 Å². The van der Waals surface area contributed by atoms with Crippen molar-refractivity contribution in [1.82, 2.24) is 10.6 Å². The van der Waals surface area contributed by atoms with Crippen molar-refractivity contribution in [2.45, 2.75) is 13.0 Å². The van der Waals surface area contributed by atoms with Gasteiger partial charge in [0.15, 0.2) is 0 Å². The summed E-state index contributed by atoms with van der Waals surface area (Å²) in [5.41, 5.74) is 0.769. The second-order valence-corrected chi connectivity index (χ2v) is 4.14. The molecule has 0 saturated heterocycles. The molecule has 1 atom stereocenters. The molecule has 0 aromatic heterocycles. The Kier molecular flexibility index (Phi) is 5.77. The van der Waals surface area contributed by atoms with Gasteiger partial charge in [0.05, 0.1) is 6.04 Å². The lowest BCUT2D eigenvalue weighted by Gasteiger charge is -2.10. The van der Waals surface area contributed by atoms with Crippen LogP contribution in [0.2, 0.25) is 0 Å². The van der Waals surface area contributed by atoms with Crippen LogP contribution in [0, 0.1) is 12.3 Å². The minimum atomic E-state index is -1.12. The molecule has 0 aliphatic rings. The van der Waals surface area contributed by atoms with Crippen LogP contribution in [0.15, 0.2) is 24.3 Å². The number of amides is 3. The molecule has 0 saturated carbocycles. The number of aliphatic carboxylic acids is 1. The van der Waals surface area contributed by atoms with E-state index < -0.39 is 30.5 Å². The number of rotatable bonds is 5. The quantitative estimate of drug-likeness (QED) is 0.597. The molecular weight excluding hydrogens is 274 g/mol. The molecule has 1 aromatic rings. The molecule has 0 spiro atoms. The van der Waals surface area contributed by atoms with Crippen LogP contribution in [0.25, 0.3) is 0 Å². The maximum absolute atomic E-state index is 11.6. The molecule has 7 nitrogen and oxygen atoms in total. The lowest BCUT2D eigenvalue weighted by molar-refractivity contribution is -0.135. The zero-order chi connectivity index (χ0) is 15.8. The first-order valence-electron chi connectivity index (χ1n) is 6.06. The van der Waals surface area contributed by atoms with Gasteiger partial charge in [-0.3, -0.25) is 9.59 Å². The van der Waals surface area contributed by atoms with Crippen molar-refractivity contribution in [3.63, 3.8) is 0 Å². The van der Waals surface area contributed by atoms with E-state index in [1.54, 1.807) is 6.92 Å². The van der Waals surface area contributed by atoms with Crippen molar-refractivity contribution in [1.29, 1.82) is 0 Å². The molecular formula is C14H15N3O4. The van der Waals surface area contributed by atoms with E-state index in [1.807, 2.05) is 0 Å². The number of carbonyl (C=O) groups is 3. The lowest BCUT2D eigenvalue weighted by atomic mass is 10.2. The van der Waals surface area contributed by atoms with Gasteiger partial charge in [0.2, 0.25) is 0 Å². The Hall–Kier alpha value is -3.01. The predicted molar refractivity (Wildman–Crippen MR) is 76.9 cm³/mol. The number of hydrogen-bond donors (Lipinski definition) is 4. The summed E-state index contributed by atoms with van der Waals surface area (Å²) >= 11 is 0. The summed E-state index contributed by atoms with van der Waals surface area (Å²) in [6.45, 7) is 1.21. The Morgan fingerprint density at radius 3 is 2.43 bits per heavy atom. The molecule has 0 heterocycles. The molecule has 0 aliphatic heterocycles. The third-order valence-corrected chi connectivity index (χ3v) is 2.40. The average molecular weight is 289 g/mol. The van der Waals surface area contributed by atoms with Crippen molar-refractivity contribution in [3.8, 4) is 12.3 Å². The Labute approximate surface area is 121 Å². The minimum Gasteiger partial charge on any atom is -0.480 e. The Bertz CT molecular complexity index is 575. The smallest absolute Gasteiger partial charge is 0.322 e. The van der Waals surface area contributed by atoms with E-state index in [9.17, 15) is 14.4 Å². The van der Waals surface area contributed by atoms with Gasteiger partial charge in [0.25, 0.3) is 5.91 Å². The summed E-state index contributed by atoms with van der Waals surface area (Å²) in [6.07, 6.45) is 5.14. The molecule has 0 radical (unpaired) electrons. The normalized spacial score (nSPS) is 10.9. The van der Waals surface area contributed by atoms with Crippen molar-refractivity contribution in [2.24, 2.45) is 0 Å². The van der Waals surface area contributed by atoms with Gasteiger partial charge in [-0.25, -0.2) is 4.79 Å². The van der Waals surface area contributed by atoms with Gasteiger partial charge in [0, 0.05) is 11.3 Å². The number of carboxylic acid groups (broad SMARTS) is 1. The highest BCUT2D eigenvalue weighted by molar-refractivity contribution is 5.96. The Morgan fingerprint density at radius 1 is 1.29 bits per heavy atom. The Balaban J connectivity index is 2.58. The standard InChI is InChI=1S/C14H15N3O4/c1-3-9(2)16-14(21)17-11-6-4-10(5-7-11)13(20)15-8-12(18)19/h1,4-7,9H,8H2,2H3,(H,15,20)(H,18,19)(H2,16,17,21). The van der Waals surface area contributed by atoms with Gasteiger partial charge in [-0.2, -0.15) is 0 Å². The molecule has 0 aliphatic carbocycles. The topological polar surface area (TPSA) is 108 Å². The van der Waals surface area contributed by atoms with Gasteiger partial charge < -0.3 is 21.1 Å². The largest absolute Gasteiger partial charge is 0.480 e. The van der Waals surface area contributed by atoms with Crippen LogP contribution in [0.4, 0.5) is 10.5 Å². The maximum Gasteiger partial charge on any atom is 0.322 e. The summed E-state index contributed by atoms with van der Waals surface area (Å²) in [5, 5.41) is 15.8. The molecule has 3 amide bonds. The monoisotopic (exact) mass is 289 g/mol. The van der Waals surface area contributed by atoms with E-state index in [2.05, 4.69) is 21.9 Å². The second-order valence-electron chi connectivity index (χ2n) is 4.14. The summed E-state index contributed by atoms with van der Waals surface area (Å²) in [5.74, 6) is 0.727. The molecule has 0 bridgehead atoms. The second kappa shape index (κ2) is 7.55. The number of terminal acetylenes is 1. The Morgan fingerprint density at radius 2 is 1.90 bits per heavy atom. The number of nitrogens with one attached hydrogen (secondary N) is 3. The van der Waals surface area contributed by atoms with E-state index in [0.717, 1.165) is 0 Å². The zero-order valence-electron chi connectivity index (χ0n) is 11.3. The van der Waals surface area contributed by atoms with E-state index >= 15 is 0 Å². The fourth-order valence-corrected chi connectivity index (χ4v) is 1.37.